The van der Waals surface area contributed by atoms with E-state index in [9.17, 15) is 9.59 Å². The standard InChI is InChI=1S/C22H14ClNO4/c1-13-18-11-17(27-21(25)15-3-2-10-24-12-15)8-9-19(18)28-22(26)20(13)14-4-6-16(23)7-5-14/h2-12H,1H3. The van der Waals surface area contributed by atoms with Gasteiger partial charge < -0.3 is 9.15 Å². The molecule has 2 heterocycles. The van der Waals surface area contributed by atoms with Gasteiger partial charge in [-0.15, -0.1) is 0 Å². The number of aromatic nitrogens is 1. The Bertz CT molecular complexity index is 1230. The number of esters is 1. The molecule has 2 aromatic heterocycles. The molecule has 0 unspecified atom stereocenters. The number of aryl methyl sites for hydroxylation is 1. The molecule has 138 valence electrons. The summed E-state index contributed by atoms with van der Waals surface area (Å²) in [7, 11) is 0. The summed E-state index contributed by atoms with van der Waals surface area (Å²) < 4.78 is 10.9. The highest BCUT2D eigenvalue weighted by atomic mass is 35.5. The maximum atomic E-state index is 12.5. The summed E-state index contributed by atoms with van der Waals surface area (Å²) in [5.74, 6) is -0.166. The Morgan fingerprint density at radius 3 is 2.61 bits per heavy atom. The van der Waals surface area contributed by atoms with Crippen LogP contribution in [0.4, 0.5) is 0 Å². The highest BCUT2D eigenvalue weighted by Crippen LogP contribution is 2.30. The van der Waals surface area contributed by atoms with E-state index in [1.54, 1.807) is 60.8 Å². The van der Waals surface area contributed by atoms with Crippen LogP contribution in [0.1, 0.15) is 15.9 Å². The van der Waals surface area contributed by atoms with Crippen LogP contribution in [0, 0.1) is 6.92 Å². The zero-order valence-corrected chi connectivity index (χ0v) is 15.6. The van der Waals surface area contributed by atoms with Gasteiger partial charge >= 0.3 is 11.6 Å². The third-order valence-corrected chi connectivity index (χ3v) is 4.63. The molecular formula is C22H14ClNO4. The largest absolute Gasteiger partial charge is 0.423 e. The number of halogens is 1. The minimum atomic E-state index is -0.514. The summed E-state index contributed by atoms with van der Waals surface area (Å²) >= 11 is 5.94. The first-order valence-corrected chi connectivity index (χ1v) is 8.86. The van der Waals surface area contributed by atoms with Gasteiger partial charge in [-0.05, 0) is 60.5 Å². The van der Waals surface area contributed by atoms with E-state index in [-0.39, 0.29) is 0 Å². The lowest BCUT2D eigenvalue weighted by Crippen LogP contribution is -2.09. The molecule has 0 saturated heterocycles. The lowest BCUT2D eigenvalue weighted by atomic mass is 9.99. The van der Waals surface area contributed by atoms with Crippen LogP contribution in [-0.2, 0) is 0 Å². The van der Waals surface area contributed by atoms with Gasteiger partial charge in [0.05, 0.1) is 11.1 Å². The topological polar surface area (TPSA) is 69.4 Å². The number of fused-ring (bicyclic) bond motifs is 1. The van der Waals surface area contributed by atoms with Crippen LogP contribution < -0.4 is 10.4 Å². The summed E-state index contributed by atoms with van der Waals surface area (Å²) in [5.41, 5.74) is 2.21. The fraction of sp³-hybridized carbons (Fsp3) is 0.0455. The molecule has 0 bridgehead atoms. The minimum Gasteiger partial charge on any atom is -0.423 e. The third kappa shape index (κ3) is 3.40. The SMILES string of the molecule is Cc1c(-c2ccc(Cl)cc2)c(=O)oc2ccc(OC(=O)c3cccnc3)cc12. The molecule has 2 aromatic carbocycles. The molecule has 5 nitrogen and oxygen atoms in total. The van der Waals surface area contributed by atoms with Gasteiger partial charge in [0.2, 0.25) is 0 Å². The second-order valence-electron chi connectivity index (χ2n) is 6.19. The monoisotopic (exact) mass is 391 g/mol. The molecule has 4 rings (SSSR count). The summed E-state index contributed by atoms with van der Waals surface area (Å²) in [6.07, 6.45) is 3.02. The molecule has 28 heavy (non-hydrogen) atoms. The third-order valence-electron chi connectivity index (χ3n) is 4.38. The smallest absolute Gasteiger partial charge is 0.345 e. The maximum absolute atomic E-state index is 12.5. The molecule has 6 heteroatoms. The van der Waals surface area contributed by atoms with E-state index >= 15 is 0 Å². The van der Waals surface area contributed by atoms with E-state index in [0.29, 0.717) is 38.4 Å². The zero-order chi connectivity index (χ0) is 19.7. The fourth-order valence-electron chi connectivity index (χ4n) is 2.99. The molecule has 0 N–H and O–H groups in total. The summed E-state index contributed by atoms with van der Waals surface area (Å²) in [6, 6.07) is 15.1. The van der Waals surface area contributed by atoms with E-state index in [4.69, 9.17) is 20.8 Å². The second kappa shape index (κ2) is 7.29. The molecule has 0 spiro atoms. The Morgan fingerprint density at radius 2 is 1.89 bits per heavy atom. The normalized spacial score (nSPS) is 10.8. The lowest BCUT2D eigenvalue weighted by molar-refractivity contribution is 0.0734. The van der Waals surface area contributed by atoms with Gasteiger partial charge in [-0.2, -0.15) is 0 Å². The van der Waals surface area contributed by atoms with Crippen molar-refractivity contribution in [2.75, 3.05) is 0 Å². The lowest BCUT2D eigenvalue weighted by Gasteiger charge is -2.10. The molecule has 0 radical (unpaired) electrons. The second-order valence-corrected chi connectivity index (χ2v) is 6.62. The first-order chi connectivity index (χ1) is 13.5. The average molecular weight is 392 g/mol. The van der Waals surface area contributed by atoms with Crippen LogP contribution in [0.25, 0.3) is 22.1 Å². The summed E-state index contributed by atoms with van der Waals surface area (Å²) in [4.78, 5) is 28.7. The Labute approximate surface area is 165 Å². The Morgan fingerprint density at radius 1 is 1.11 bits per heavy atom. The number of benzene rings is 2. The van der Waals surface area contributed by atoms with Crippen LogP contribution in [0.2, 0.25) is 5.02 Å². The van der Waals surface area contributed by atoms with Crippen molar-refractivity contribution in [2.24, 2.45) is 0 Å². The number of carbonyl (C=O) groups excluding carboxylic acids is 1. The Kier molecular flexibility index (Phi) is 4.67. The molecule has 0 aliphatic heterocycles. The Balaban J connectivity index is 1.77. The molecule has 0 fully saturated rings. The van der Waals surface area contributed by atoms with Gasteiger partial charge in [0.15, 0.2) is 0 Å². The predicted molar refractivity (Wildman–Crippen MR) is 107 cm³/mol. The number of carbonyl (C=O) groups is 1. The fourth-order valence-corrected chi connectivity index (χ4v) is 3.12. The molecule has 0 saturated carbocycles. The number of nitrogens with zero attached hydrogens (tertiary/aromatic N) is 1. The van der Waals surface area contributed by atoms with Crippen LogP contribution in [0.3, 0.4) is 0 Å². The minimum absolute atomic E-state index is 0.348. The quantitative estimate of drug-likeness (QED) is 0.278. The molecule has 0 aliphatic rings. The summed E-state index contributed by atoms with van der Waals surface area (Å²) in [5, 5.41) is 1.26. The van der Waals surface area contributed by atoms with Crippen molar-refractivity contribution >= 4 is 28.5 Å². The van der Waals surface area contributed by atoms with Crippen molar-refractivity contribution in [1.29, 1.82) is 0 Å². The molecule has 0 aliphatic carbocycles. The van der Waals surface area contributed by atoms with Crippen LogP contribution in [0.15, 0.2) is 76.2 Å². The van der Waals surface area contributed by atoms with Crippen molar-refractivity contribution in [2.45, 2.75) is 6.92 Å². The van der Waals surface area contributed by atoms with Crippen molar-refractivity contribution in [3.8, 4) is 16.9 Å². The zero-order valence-electron chi connectivity index (χ0n) is 14.8. The number of ether oxygens (including phenoxy) is 1. The molecule has 0 atom stereocenters. The number of rotatable bonds is 3. The van der Waals surface area contributed by atoms with Gasteiger partial charge in [0.1, 0.15) is 11.3 Å². The molecule has 4 aromatic rings. The van der Waals surface area contributed by atoms with Gasteiger partial charge in [0.25, 0.3) is 0 Å². The van der Waals surface area contributed by atoms with Gasteiger partial charge in [-0.1, -0.05) is 23.7 Å². The number of hydrogen-bond donors (Lipinski definition) is 0. The maximum Gasteiger partial charge on any atom is 0.345 e. The Hall–Kier alpha value is -3.44. The van der Waals surface area contributed by atoms with Gasteiger partial charge in [-0.25, -0.2) is 9.59 Å². The van der Waals surface area contributed by atoms with Crippen molar-refractivity contribution < 1.29 is 13.9 Å². The first-order valence-electron chi connectivity index (χ1n) is 8.48. The van der Waals surface area contributed by atoms with Crippen LogP contribution in [-0.4, -0.2) is 11.0 Å². The number of hydrogen-bond acceptors (Lipinski definition) is 5. The van der Waals surface area contributed by atoms with Crippen molar-refractivity contribution in [3.63, 3.8) is 0 Å². The van der Waals surface area contributed by atoms with Crippen LogP contribution >= 0.6 is 11.6 Å². The van der Waals surface area contributed by atoms with Gasteiger partial charge in [0, 0.05) is 22.8 Å². The average Bonchev–Trinajstić information content (AvgIpc) is 2.70. The highest BCUT2D eigenvalue weighted by Gasteiger charge is 2.15. The highest BCUT2D eigenvalue weighted by molar-refractivity contribution is 6.30. The number of pyridine rings is 1. The van der Waals surface area contributed by atoms with Crippen LogP contribution in [0.5, 0.6) is 5.75 Å². The van der Waals surface area contributed by atoms with E-state index in [1.165, 1.54) is 6.20 Å². The predicted octanol–water partition coefficient (Wildman–Crippen LogP) is 5.04. The van der Waals surface area contributed by atoms with E-state index < -0.39 is 11.6 Å². The molecular weight excluding hydrogens is 378 g/mol. The molecule has 0 amide bonds. The van der Waals surface area contributed by atoms with E-state index in [0.717, 1.165) is 5.56 Å². The van der Waals surface area contributed by atoms with Gasteiger partial charge in [-0.3, -0.25) is 4.98 Å². The van der Waals surface area contributed by atoms with Crippen molar-refractivity contribution in [1.82, 2.24) is 4.98 Å². The van der Waals surface area contributed by atoms with E-state index in [2.05, 4.69) is 4.98 Å². The van der Waals surface area contributed by atoms with E-state index in [1.807, 2.05) is 6.92 Å². The van der Waals surface area contributed by atoms with Crippen molar-refractivity contribution in [3.05, 3.63) is 93.6 Å². The summed E-state index contributed by atoms with van der Waals surface area (Å²) in [6.45, 7) is 1.83. The first kappa shape index (κ1) is 17.9.